The Labute approximate surface area is 117 Å². The summed E-state index contributed by atoms with van der Waals surface area (Å²) in [5, 5.41) is 10.1. The fourth-order valence-corrected chi connectivity index (χ4v) is 2.89. The monoisotopic (exact) mass is 280 g/mol. The third kappa shape index (κ3) is 3.67. The van der Waals surface area contributed by atoms with Crippen molar-refractivity contribution in [2.24, 2.45) is 0 Å². The Morgan fingerprint density at radius 3 is 2.79 bits per heavy atom. The van der Waals surface area contributed by atoms with Crippen LogP contribution >= 0.6 is 11.8 Å². The molecule has 0 aliphatic heterocycles. The lowest BCUT2D eigenvalue weighted by Crippen LogP contribution is -1.96. The second-order valence-electron chi connectivity index (χ2n) is 4.47. The first-order chi connectivity index (χ1) is 9.36. The molecule has 0 atom stereocenters. The molecule has 19 heavy (non-hydrogen) atoms. The SMILES string of the molecule is CCCCCCCSc1ncnc2c1ncn2CO. The lowest BCUT2D eigenvalue weighted by Gasteiger charge is -2.02. The van der Waals surface area contributed by atoms with E-state index in [1.165, 1.54) is 38.4 Å². The molecule has 6 heteroatoms. The molecule has 0 aliphatic rings. The molecule has 0 radical (unpaired) electrons. The van der Waals surface area contributed by atoms with Crippen molar-refractivity contribution >= 4 is 22.9 Å². The molecule has 5 nitrogen and oxygen atoms in total. The summed E-state index contributed by atoms with van der Waals surface area (Å²) in [4.78, 5) is 12.7. The number of imidazole rings is 1. The van der Waals surface area contributed by atoms with Gasteiger partial charge in [-0.25, -0.2) is 15.0 Å². The molecule has 2 heterocycles. The molecule has 0 aliphatic carbocycles. The highest BCUT2D eigenvalue weighted by Gasteiger charge is 2.09. The Kier molecular flexibility index (Phi) is 5.60. The molecule has 2 aromatic heterocycles. The van der Waals surface area contributed by atoms with E-state index in [1.54, 1.807) is 22.7 Å². The number of aliphatic hydroxyl groups is 1. The first kappa shape index (κ1) is 14.3. The number of fused-ring (bicyclic) bond motifs is 1. The molecule has 2 aromatic rings. The van der Waals surface area contributed by atoms with Gasteiger partial charge in [-0.2, -0.15) is 0 Å². The van der Waals surface area contributed by atoms with Crippen LogP contribution in [0.5, 0.6) is 0 Å². The summed E-state index contributed by atoms with van der Waals surface area (Å²) in [6.45, 7) is 2.12. The van der Waals surface area contributed by atoms with Crippen LogP contribution in [0.4, 0.5) is 0 Å². The summed E-state index contributed by atoms with van der Waals surface area (Å²) in [6, 6.07) is 0. The second-order valence-corrected chi connectivity index (χ2v) is 5.55. The first-order valence-corrected chi connectivity index (χ1v) is 7.75. The topological polar surface area (TPSA) is 63.8 Å². The molecule has 0 aromatic carbocycles. The zero-order chi connectivity index (χ0) is 13.5. The fourth-order valence-electron chi connectivity index (χ4n) is 1.94. The Morgan fingerprint density at radius 1 is 1.16 bits per heavy atom. The highest BCUT2D eigenvalue weighted by atomic mass is 32.2. The van der Waals surface area contributed by atoms with E-state index in [0.717, 1.165) is 16.3 Å². The highest BCUT2D eigenvalue weighted by Crippen LogP contribution is 2.24. The van der Waals surface area contributed by atoms with E-state index in [2.05, 4.69) is 21.9 Å². The fraction of sp³-hybridized carbons (Fsp3) is 0.615. The third-order valence-corrected chi connectivity index (χ3v) is 4.07. The van der Waals surface area contributed by atoms with Crippen LogP contribution in [0.1, 0.15) is 39.0 Å². The van der Waals surface area contributed by atoms with Crippen LogP contribution in [0.25, 0.3) is 11.2 Å². The van der Waals surface area contributed by atoms with E-state index in [4.69, 9.17) is 5.11 Å². The Bertz CT molecular complexity index is 514. The molecule has 0 fully saturated rings. The summed E-state index contributed by atoms with van der Waals surface area (Å²) in [5.41, 5.74) is 1.49. The van der Waals surface area contributed by atoms with Crippen molar-refractivity contribution in [3.05, 3.63) is 12.7 Å². The maximum atomic E-state index is 9.17. The Morgan fingerprint density at radius 2 is 2.00 bits per heavy atom. The van der Waals surface area contributed by atoms with Gasteiger partial charge < -0.3 is 5.11 Å². The largest absolute Gasteiger partial charge is 0.376 e. The molecule has 0 spiro atoms. The molecule has 0 saturated heterocycles. The van der Waals surface area contributed by atoms with Gasteiger partial charge in [0.05, 0.1) is 6.33 Å². The van der Waals surface area contributed by atoms with E-state index in [-0.39, 0.29) is 6.73 Å². The van der Waals surface area contributed by atoms with Crippen LogP contribution in [0.3, 0.4) is 0 Å². The molecule has 0 saturated carbocycles. The molecule has 1 N–H and O–H groups in total. The van der Waals surface area contributed by atoms with Crippen LogP contribution < -0.4 is 0 Å². The van der Waals surface area contributed by atoms with Gasteiger partial charge in [0.15, 0.2) is 5.65 Å². The average Bonchev–Trinajstić information content (AvgIpc) is 2.86. The van der Waals surface area contributed by atoms with Crippen LogP contribution in [0.2, 0.25) is 0 Å². The maximum absolute atomic E-state index is 9.17. The quantitative estimate of drug-likeness (QED) is 0.457. The molecule has 0 unspecified atom stereocenters. The normalized spacial score (nSPS) is 11.3. The van der Waals surface area contributed by atoms with Crippen molar-refractivity contribution in [1.29, 1.82) is 0 Å². The molecular weight excluding hydrogens is 260 g/mol. The zero-order valence-electron chi connectivity index (χ0n) is 11.2. The number of unbranched alkanes of at least 4 members (excludes halogenated alkanes) is 4. The van der Waals surface area contributed by atoms with Crippen LogP contribution in [-0.4, -0.2) is 30.4 Å². The van der Waals surface area contributed by atoms with Gasteiger partial charge in [0.1, 0.15) is 23.6 Å². The van der Waals surface area contributed by atoms with Gasteiger partial charge in [0.25, 0.3) is 0 Å². The highest BCUT2D eigenvalue weighted by molar-refractivity contribution is 7.99. The Balaban J connectivity index is 1.92. The molecule has 0 bridgehead atoms. The van der Waals surface area contributed by atoms with E-state index < -0.39 is 0 Å². The molecule has 104 valence electrons. The van der Waals surface area contributed by atoms with Crippen molar-refractivity contribution in [2.45, 2.75) is 50.8 Å². The van der Waals surface area contributed by atoms with Crippen molar-refractivity contribution in [3.63, 3.8) is 0 Å². The number of hydrogen-bond donors (Lipinski definition) is 1. The van der Waals surface area contributed by atoms with Gasteiger partial charge in [0.2, 0.25) is 0 Å². The van der Waals surface area contributed by atoms with Gasteiger partial charge in [-0.05, 0) is 12.2 Å². The van der Waals surface area contributed by atoms with Crippen molar-refractivity contribution in [1.82, 2.24) is 19.5 Å². The van der Waals surface area contributed by atoms with Crippen molar-refractivity contribution < 1.29 is 5.11 Å². The van der Waals surface area contributed by atoms with E-state index >= 15 is 0 Å². The minimum Gasteiger partial charge on any atom is -0.376 e. The predicted molar refractivity (Wildman–Crippen MR) is 77.0 cm³/mol. The first-order valence-electron chi connectivity index (χ1n) is 6.76. The standard InChI is InChI=1S/C13H20N4OS/c1-2-3-4-5-6-7-19-13-11-12(14-8-15-13)17(10-18)9-16-11/h8-9,18H,2-7,10H2,1H3. The summed E-state index contributed by atoms with van der Waals surface area (Å²) in [6.07, 6.45) is 9.54. The number of thioether (sulfide) groups is 1. The summed E-state index contributed by atoms with van der Waals surface area (Å²) in [5.74, 6) is 1.06. The molecule has 2 rings (SSSR count). The number of rotatable bonds is 8. The van der Waals surface area contributed by atoms with Gasteiger partial charge in [-0.15, -0.1) is 11.8 Å². The third-order valence-electron chi connectivity index (χ3n) is 3.01. The second kappa shape index (κ2) is 7.45. The number of hydrogen-bond acceptors (Lipinski definition) is 5. The number of aromatic nitrogens is 4. The van der Waals surface area contributed by atoms with Gasteiger partial charge in [-0.1, -0.05) is 32.6 Å². The lowest BCUT2D eigenvalue weighted by atomic mass is 10.2. The molecule has 0 amide bonds. The van der Waals surface area contributed by atoms with Gasteiger partial charge in [0, 0.05) is 0 Å². The number of nitrogens with zero attached hydrogens (tertiary/aromatic N) is 4. The minimum absolute atomic E-state index is 0.103. The van der Waals surface area contributed by atoms with E-state index in [0.29, 0.717) is 5.65 Å². The summed E-state index contributed by atoms with van der Waals surface area (Å²) < 4.78 is 1.61. The van der Waals surface area contributed by atoms with Crippen LogP contribution in [0.15, 0.2) is 17.7 Å². The lowest BCUT2D eigenvalue weighted by molar-refractivity contribution is 0.214. The summed E-state index contributed by atoms with van der Waals surface area (Å²) >= 11 is 1.72. The smallest absolute Gasteiger partial charge is 0.166 e. The van der Waals surface area contributed by atoms with Crippen molar-refractivity contribution in [3.8, 4) is 0 Å². The number of aliphatic hydroxyl groups excluding tert-OH is 1. The minimum atomic E-state index is -0.103. The summed E-state index contributed by atoms with van der Waals surface area (Å²) in [7, 11) is 0. The van der Waals surface area contributed by atoms with Crippen LogP contribution in [-0.2, 0) is 6.73 Å². The van der Waals surface area contributed by atoms with E-state index in [9.17, 15) is 0 Å². The van der Waals surface area contributed by atoms with Crippen molar-refractivity contribution in [2.75, 3.05) is 5.75 Å². The van der Waals surface area contributed by atoms with Gasteiger partial charge in [-0.3, -0.25) is 4.57 Å². The zero-order valence-corrected chi connectivity index (χ0v) is 12.1. The molecular formula is C13H20N4OS. The van der Waals surface area contributed by atoms with E-state index in [1.807, 2.05) is 0 Å². The van der Waals surface area contributed by atoms with Gasteiger partial charge >= 0.3 is 0 Å². The maximum Gasteiger partial charge on any atom is 0.166 e. The Hall–Kier alpha value is -1.14. The predicted octanol–water partition coefficient (Wildman–Crippen LogP) is 2.84. The average molecular weight is 280 g/mol. The van der Waals surface area contributed by atoms with Crippen LogP contribution in [0, 0.1) is 0 Å².